The van der Waals surface area contributed by atoms with Crippen LogP contribution in [-0.2, 0) is 17.9 Å². The minimum atomic E-state index is -0.653. The third-order valence-electron chi connectivity index (χ3n) is 5.69. The molecule has 0 bridgehead atoms. The number of hydrogen-bond acceptors (Lipinski definition) is 5. The highest BCUT2D eigenvalue weighted by Gasteiger charge is 2.26. The summed E-state index contributed by atoms with van der Waals surface area (Å²) in [7, 11) is 0. The van der Waals surface area contributed by atoms with Crippen LogP contribution in [0.2, 0.25) is 0 Å². The number of aromatic nitrogens is 2. The standard InChI is InChI=1S/C24H20FN3O4S/c1-15-6-7-20-19(12-15)26(9-10-32-20)21(29)14-27-18-8-11-33-22(18)23(30)28(24(27)31)13-16-4-2-3-5-17(16)25/h2-8,11-12H,9-10,13-14H2,1H3. The van der Waals surface area contributed by atoms with Crippen molar-refractivity contribution in [2.24, 2.45) is 0 Å². The Kier molecular flexibility index (Phi) is 5.33. The van der Waals surface area contributed by atoms with Crippen LogP contribution in [0.5, 0.6) is 5.75 Å². The Morgan fingerprint density at radius 3 is 2.76 bits per heavy atom. The summed E-state index contributed by atoms with van der Waals surface area (Å²) in [5.74, 6) is -0.188. The summed E-state index contributed by atoms with van der Waals surface area (Å²) >= 11 is 1.19. The minimum absolute atomic E-state index is 0.216. The fourth-order valence-corrected chi connectivity index (χ4v) is 4.87. The van der Waals surface area contributed by atoms with E-state index >= 15 is 0 Å². The van der Waals surface area contributed by atoms with Crippen LogP contribution >= 0.6 is 11.3 Å². The maximum atomic E-state index is 14.2. The summed E-state index contributed by atoms with van der Waals surface area (Å²) in [5.41, 5.74) is 1.10. The fourth-order valence-electron chi connectivity index (χ4n) is 4.03. The molecule has 0 aliphatic carbocycles. The van der Waals surface area contributed by atoms with Crippen molar-refractivity contribution in [3.05, 3.63) is 91.7 Å². The highest BCUT2D eigenvalue weighted by Crippen LogP contribution is 2.32. The highest BCUT2D eigenvalue weighted by atomic mass is 32.1. The van der Waals surface area contributed by atoms with Crippen molar-refractivity contribution in [1.29, 1.82) is 0 Å². The van der Waals surface area contributed by atoms with E-state index in [4.69, 9.17) is 4.74 Å². The summed E-state index contributed by atoms with van der Waals surface area (Å²) in [6, 6.07) is 13.3. The first-order chi connectivity index (χ1) is 15.9. The number of thiophene rings is 1. The van der Waals surface area contributed by atoms with E-state index in [0.717, 1.165) is 10.1 Å². The largest absolute Gasteiger partial charge is 0.490 e. The lowest BCUT2D eigenvalue weighted by molar-refractivity contribution is -0.119. The summed E-state index contributed by atoms with van der Waals surface area (Å²) in [6.45, 7) is 2.15. The first-order valence-corrected chi connectivity index (χ1v) is 11.3. The Hall–Kier alpha value is -3.72. The fraction of sp³-hybridized carbons (Fsp3) is 0.208. The molecule has 0 spiro atoms. The van der Waals surface area contributed by atoms with Gasteiger partial charge in [0.1, 0.15) is 29.4 Å². The number of benzene rings is 2. The number of hydrogen-bond donors (Lipinski definition) is 0. The second-order valence-corrected chi connectivity index (χ2v) is 8.77. The predicted octanol–water partition coefficient (Wildman–Crippen LogP) is 3.15. The molecular formula is C24H20FN3O4S. The van der Waals surface area contributed by atoms with Gasteiger partial charge in [-0.2, -0.15) is 0 Å². The summed E-state index contributed by atoms with van der Waals surface area (Å²) in [5, 5.41) is 1.70. The molecule has 168 valence electrons. The minimum Gasteiger partial charge on any atom is -0.490 e. The van der Waals surface area contributed by atoms with E-state index < -0.39 is 17.1 Å². The Labute approximate surface area is 191 Å². The molecule has 4 aromatic rings. The van der Waals surface area contributed by atoms with Gasteiger partial charge < -0.3 is 9.64 Å². The third kappa shape index (κ3) is 3.74. The Morgan fingerprint density at radius 2 is 1.94 bits per heavy atom. The van der Waals surface area contributed by atoms with Gasteiger partial charge in [-0.15, -0.1) is 11.3 Å². The molecule has 33 heavy (non-hydrogen) atoms. The molecule has 9 heteroatoms. The second kappa shape index (κ2) is 8.32. The van der Waals surface area contributed by atoms with E-state index in [9.17, 15) is 18.8 Å². The van der Waals surface area contributed by atoms with Crippen molar-refractivity contribution in [3.63, 3.8) is 0 Å². The van der Waals surface area contributed by atoms with E-state index in [1.807, 2.05) is 25.1 Å². The van der Waals surface area contributed by atoms with Crippen molar-refractivity contribution >= 4 is 33.1 Å². The van der Waals surface area contributed by atoms with Gasteiger partial charge in [0.25, 0.3) is 5.56 Å². The van der Waals surface area contributed by atoms with Gasteiger partial charge in [-0.25, -0.2) is 9.18 Å². The van der Waals surface area contributed by atoms with Gasteiger partial charge in [0, 0.05) is 5.56 Å². The smallest absolute Gasteiger partial charge is 0.332 e. The maximum absolute atomic E-state index is 14.2. The zero-order valence-corrected chi connectivity index (χ0v) is 18.6. The van der Waals surface area contributed by atoms with Gasteiger partial charge >= 0.3 is 5.69 Å². The Morgan fingerprint density at radius 1 is 1.12 bits per heavy atom. The number of ether oxygens (including phenoxy) is 1. The van der Waals surface area contributed by atoms with Gasteiger partial charge in [0.15, 0.2) is 0 Å². The second-order valence-electron chi connectivity index (χ2n) is 7.85. The van der Waals surface area contributed by atoms with Crippen molar-refractivity contribution in [1.82, 2.24) is 9.13 Å². The van der Waals surface area contributed by atoms with Gasteiger partial charge in [-0.1, -0.05) is 24.3 Å². The Balaban J connectivity index is 1.57. The SMILES string of the molecule is Cc1ccc2c(c1)N(C(=O)Cn1c(=O)n(Cc3ccccc3F)c(=O)c3sccc31)CCO2. The number of anilines is 1. The number of nitrogens with zero attached hydrogens (tertiary/aromatic N) is 3. The number of aryl methyl sites for hydroxylation is 1. The number of rotatable bonds is 4. The van der Waals surface area contributed by atoms with Crippen molar-refractivity contribution in [2.75, 3.05) is 18.1 Å². The van der Waals surface area contributed by atoms with E-state index in [1.54, 1.807) is 28.5 Å². The molecule has 0 saturated heterocycles. The molecule has 0 N–H and O–H groups in total. The third-order valence-corrected chi connectivity index (χ3v) is 6.59. The van der Waals surface area contributed by atoms with Gasteiger partial charge in [-0.05, 0) is 42.1 Å². The predicted molar refractivity (Wildman–Crippen MR) is 125 cm³/mol. The first-order valence-electron chi connectivity index (χ1n) is 10.4. The van der Waals surface area contributed by atoms with Crippen LogP contribution in [0.15, 0.2) is 63.5 Å². The van der Waals surface area contributed by atoms with Gasteiger partial charge in [0.05, 0.1) is 24.3 Å². The molecule has 0 unspecified atom stereocenters. The topological polar surface area (TPSA) is 73.5 Å². The van der Waals surface area contributed by atoms with E-state index in [2.05, 4.69) is 0 Å². The molecule has 0 radical (unpaired) electrons. The number of carbonyl (C=O) groups is 1. The van der Waals surface area contributed by atoms with E-state index in [0.29, 0.717) is 34.8 Å². The number of carbonyl (C=O) groups excluding carboxylic acids is 1. The Bertz CT molecular complexity index is 1500. The molecule has 0 saturated carbocycles. The average Bonchev–Trinajstić information content (AvgIpc) is 3.30. The highest BCUT2D eigenvalue weighted by molar-refractivity contribution is 7.17. The van der Waals surface area contributed by atoms with Crippen LogP contribution < -0.4 is 20.9 Å². The molecule has 2 aromatic heterocycles. The van der Waals surface area contributed by atoms with Crippen LogP contribution in [-0.4, -0.2) is 28.2 Å². The zero-order valence-electron chi connectivity index (χ0n) is 17.8. The normalized spacial score (nSPS) is 13.1. The molecular weight excluding hydrogens is 445 g/mol. The summed E-state index contributed by atoms with van der Waals surface area (Å²) in [4.78, 5) is 41.3. The average molecular weight is 466 g/mol. The van der Waals surface area contributed by atoms with Crippen LogP contribution in [0.3, 0.4) is 0 Å². The maximum Gasteiger partial charge on any atom is 0.332 e. The monoisotopic (exact) mass is 465 g/mol. The molecule has 0 atom stereocenters. The van der Waals surface area contributed by atoms with Crippen molar-refractivity contribution < 1.29 is 13.9 Å². The first kappa shape index (κ1) is 21.1. The molecule has 3 heterocycles. The quantitative estimate of drug-likeness (QED) is 0.464. The molecule has 7 nitrogen and oxygen atoms in total. The zero-order chi connectivity index (χ0) is 23.1. The molecule has 2 aromatic carbocycles. The van der Waals surface area contributed by atoms with Crippen molar-refractivity contribution in [3.8, 4) is 5.75 Å². The number of halogens is 1. The molecule has 1 aliphatic heterocycles. The van der Waals surface area contributed by atoms with Crippen LogP contribution in [0.25, 0.3) is 10.2 Å². The van der Waals surface area contributed by atoms with Crippen molar-refractivity contribution in [2.45, 2.75) is 20.0 Å². The lowest BCUT2D eigenvalue weighted by Crippen LogP contribution is -2.45. The molecule has 1 aliphatic rings. The number of amides is 1. The van der Waals surface area contributed by atoms with E-state index in [-0.39, 0.29) is 24.6 Å². The lowest BCUT2D eigenvalue weighted by atomic mass is 10.1. The molecule has 1 amide bonds. The summed E-state index contributed by atoms with van der Waals surface area (Å²) in [6.07, 6.45) is 0. The molecule has 5 rings (SSSR count). The van der Waals surface area contributed by atoms with Crippen LogP contribution in [0.1, 0.15) is 11.1 Å². The molecule has 0 fully saturated rings. The van der Waals surface area contributed by atoms with Gasteiger partial charge in [0.2, 0.25) is 5.91 Å². The van der Waals surface area contributed by atoms with Crippen LogP contribution in [0.4, 0.5) is 10.1 Å². The lowest BCUT2D eigenvalue weighted by Gasteiger charge is -2.30. The van der Waals surface area contributed by atoms with Crippen LogP contribution in [0, 0.1) is 12.7 Å². The number of fused-ring (bicyclic) bond motifs is 2. The summed E-state index contributed by atoms with van der Waals surface area (Å²) < 4.78 is 22.5. The van der Waals surface area contributed by atoms with Gasteiger partial charge in [-0.3, -0.25) is 18.7 Å². The van der Waals surface area contributed by atoms with E-state index in [1.165, 1.54) is 28.0 Å².